The van der Waals surface area contributed by atoms with Gasteiger partial charge in [-0.1, -0.05) is 0 Å². The average molecular weight is 230 g/mol. The molecule has 7 nitrogen and oxygen atoms in total. The molecule has 1 aliphatic heterocycles. The van der Waals surface area contributed by atoms with E-state index in [9.17, 15) is 14.4 Å². The number of ether oxygens (including phenoxy) is 1. The van der Waals surface area contributed by atoms with Gasteiger partial charge >= 0.3 is 6.09 Å². The molecule has 1 aliphatic rings. The van der Waals surface area contributed by atoms with Crippen LogP contribution in [0.4, 0.5) is 4.79 Å². The first-order valence-electron chi connectivity index (χ1n) is 4.79. The highest BCUT2D eigenvalue weighted by molar-refractivity contribution is 6.05. The molecule has 0 atom stereocenters. The summed E-state index contributed by atoms with van der Waals surface area (Å²) >= 11 is 0. The number of nitrogens with one attached hydrogen (secondary N) is 1. The zero-order valence-electron chi connectivity index (χ0n) is 9.15. The summed E-state index contributed by atoms with van der Waals surface area (Å²) in [5.74, 6) is -1.10. The Morgan fingerprint density at radius 3 is 2.75 bits per heavy atom. The first-order valence-corrected chi connectivity index (χ1v) is 4.79. The van der Waals surface area contributed by atoms with Crippen molar-refractivity contribution in [3.8, 4) is 0 Å². The van der Waals surface area contributed by atoms with E-state index in [4.69, 9.17) is 5.11 Å². The molecular formula is C9H14N2O5. The maximum absolute atomic E-state index is 11.5. The van der Waals surface area contributed by atoms with Crippen LogP contribution in [0.3, 0.4) is 0 Å². The van der Waals surface area contributed by atoms with Crippen LogP contribution >= 0.6 is 0 Å². The molecule has 0 aromatic rings. The molecule has 7 heteroatoms. The summed E-state index contributed by atoms with van der Waals surface area (Å²) in [6.45, 7) is 2.31. The molecule has 2 N–H and O–H groups in total. The summed E-state index contributed by atoms with van der Waals surface area (Å²) < 4.78 is 4.67. The SMILES string of the molecule is CC1(C)C(=O)NC(=O)CN1C(=O)OCCO. The van der Waals surface area contributed by atoms with Crippen molar-refractivity contribution in [3.05, 3.63) is 0 Å². The fraction of sp³-hybridized carbons (Fsp3) is 0.667. The van der Waals surface area contributed by atoms with Crippen molar-refractivity contribution >= 4 is 17.9 Å². The maximum Gasteiger partial charge on any atom is 0.411 e. The predicted octanol–water partition coefficient (Wildman–Crippen LogP) is -1.15. The van der Waals surface area contributed by atoms with Gasteiger partial charge in [0.1, 0.15) is 18.7 Å². The quantitative estimate of drug-likeness (QED) is 0.584. The van der Waals surface area contributed by atoms with Crippen LogP contribution in [-0.2, 0) is 14.3 Å². The Morgan fingerprint density at radius 1 is 1.56 bits per heavy atom. The van der Waals surface area contributed by atoms with Crippen LogP contribution in [-0.4, -0.2) is 53.2 Å². The van der Waals surface area contributed by atoms with E-state index in [2.05, 4.69) is 10.1 Å². The van der Waals surface area contributed by atoms with Crippen molar-refractivity contribution in [2.75, 3.05) is 19.8 Å². The highest BCUT2D eigenvalue weighted by Crippen LogP contribution is 2.18. The minimum Gasteiger partial charge on any atom is -0.447 e. The Morgan fingerprint density at radius 2 is 2.19 bits per heavy atom. The fourth-order valence-corrected chi connectivity index (χ4v) is 1.29. The normalized spacial score (nSPS) is 19.3. The van der Waals surface area contributed by atoms with Crippen molar-refractivity contribution in [3.63, 3.8) is 0 Å². The van der Waals surface area contributed by atoms with E-state index in [1.165, 1.54) is 13.8 Å². The molecule has 1 rings (SSSR count). The number of hydrogen-bond acceptors (Lipinski definition) is 5. The highest BCUT2D eigenvalue weighted by atomic mass is 16.6. The molecule has 0 unspecified atom stereocenters. The number of aliphatic hydroxyl groups is 1. The Labute approximate surface area is 92.4 Å². The van der Waals surface area contributed by atoms with Gasteiger partial charge in [0.15, 0.2) is 0 Å². The number of amides is 3. The maximum atomic E-state index is 11.5. The molecule has 0 radical (unpaired) electrons. The fourth-order valence-electron chi connectivity index (χ4n) is 1.29. The lowest BCUT2D eigenvalue weighted by atomic mass is 9.99. The van der Waals surface area contributed by atoms with E-state index in [1.807, 2.05) is 0 Å². The van der Waals surface area contributed by atoms with Crippen LogP contribution in [0.15, 0.2) is 0 Å². The van der Waals surface area contributed by atoms with Crippen LogP contribution in [0.2, 0.25) is 0 Å². The average Bonchev–Trinajstić information content (AvgIpc) is 2.20. The van der Waals surface area contributed by atoms with Gasteiger partial charge in [0.2, 0.25) is 5.91 Å². The molecule has 1 heterocycles. The minimum absolute atomic E-state index is 0.165. The largest absolute Gasteiger partial charge is 0.447 e. The van der Waals surface area contributed by atoms with Gasteiger partial charge in [0.25, 0.3) is 5.91 Å². The lowest BCUT2D eigenvalue weighted by molar-refractivity contribution is -0.143. The predicted molar refractivity (Wildman–Crippen MR) is 52.4 cm³/mol. The van der Waals surface area contributed by atoms with Gasteiger partial charge in [-0.3, -0.25) is 19.8 Å². The minimum atomic E-state index is -1.14. The zero-order chi connectivity index (χ0) is 12.3. The third-order valence-corrected chi connectivity index (χ3v) is 2.32. The van der Waals surface area contributed by atoms with Crippen LogP contribution < -0.4 is 5.32 Å². The number of piperazine rings is 1. The molecule has 0 aromatic heterocycles. The van der Waals surface area contributed by atoms with Crippen molar-refractivity contribution in [2.45, 2.75) is 19.4 Å². The van der Waals surface area contributed by atoms with Crippen molar-refractivity contribution in [1.82, 2.24) is 10.2 Å². The van der Waals surface area contributed by atoms with E-state index in [-0.39, 0.29) is 19.8 Å². The lowest BCUT2D eigenvalue weighted by Gasteiger charge is -2.38. The van der Waals surface area contributed by atoms with Crippen molar-refractivity contribution in [2.24, 2.45) is 0 Å². The third kappa shape index (κ3) is 2.30. The molecule has 0 spiro atoms. The summed E-state index contributed by atoms with van der Waals surface area (Å²) in [4.78, 5) is 35.2. The van der Waals surface area contributed by atoms with E-state index in [1.54, 1.807) is 0 Å². The zero-order valence-corrected chi connectivity index (χ0v) is 9.15. The van der Waals surface area contributed by atoms with Crippen LogP contribution in [0, 0.1) is 0 Å². The van der Waals surface area contributed by atoms with Crippen LogP contribution in [0.5, 0.6) is 0 Å². The molecule has 0 aromatic carbocycles. The Hall–Kier alpha value is -1.63. The van der Waals surface area contributed by atoms with Gasteiger partial charge in [-0.2, -0.15) is 0 Å². The number of carbonyl (C=O) groups excluding carboxylic acids is 3. The van der Waals surface area contributed by atoms with Crippen molar-refractivity contribution < 1.29 is 24.2 Å². The molecule has 0 bridgehead atoms. The van der Waals surface area contributed by atoms with Gasteiger partial charge < -0.3 is 9.84 Å². The number of aliphatic hydroxyl groups excluding tert-OH is 1. The van der Waals surface area contributed by atoms with Gasteiger partial charge in [-0.05, 0) is 13.8 Å². The molecule has 1 saturated heterocycles. The number of hydrogen-bond donors (Lipinski definition) is 2. The Balaban J connectivity index is 2.79. The van der Waals surface area contributed by atoms with Crippen molar-refractivity contribution in [1.29, 1.82) is 0 Å². The second kappa shape index (κ2) is 4.48. The number of nitrogens with zero attached hydrogens (tertiary/aromatic N) is 1. The molecule has 16 heavy (non-hydrogen) atoms. The lowest BCUT2D eigenvalue weighted by Crippen LogP contribution is -2.65. The topological polar surface area (TPSA) is 95.9 Å². The molecular weight excluding hydrogens is 216 g/mol. The number of carbonyl (C=O) groups is 3. The second-order valence-electron chi connectivity index (χ2n) is 3.86. The summed E-state index contributed by atoms with van der Waals surface area (Å²) in [7, 11) is 0. The summed E-state index contributed by atoms with van der Waals surface area (Å²) in [6.07, 6.45) is -0.790. The van der Waals surface area contributed by atoms with Gasteiger partial charge in [0, 0.05) is 0 Å². The molecule has 1 fully saturated rings. The second-order valence-corrected chi connectivity index (χ2v) is 3.86. The smallest absolute Gasteiger partial charge is 0.411 e. The molecule has 0 aliphatic carbocycles. The summed E-state index contributed by atoms with van der Waals surface area (Å²) in [6, 6.07) is 0. The highest BCUT2D eigenvalue weighted by Gasteiger charge is 2.44. The van der Waals surface area contributed by atoms with E-state index >= 15 is 0 Å². The first kappa shape index (κ1) is 12.4. The van der Waals surface area contributed by atoms with Gasteiger partial charge in [-0.25, -0.2) is 4.79 Å². The van der Waals surface area contributed by atoms with E-state index in [0.29, 0.717) is 0 Å². The molecule has 90 valence electrons. The molecule has 0 saturated carbocycles. The van der Waals surface area contributed by atoms with Crippen LogP contribution in [0.25, 0.3) is 0 Å². The Bertz CT molecular complexity index is 326. The van der Waals surface area contributed by atoms with E-state index in [0.717, 1.165) is 4.90 Å². The third-order valence-electron chi connectivity index (χ3n) is 2.32. The summed E-state index contributed by atoms with van der Waals surface area (Å²) in [5, 5.41) is 10.6. The molecule has 3 amide bonds. The Kier molecular flexibility index (Phi) is 3.48. The van der Waals surface area contributed by atoms with Gasteiger partial charge in [-0.15, -0.1) is 0 Å². The van der Waals surface area contributed by atoms with E-state index < -0.39 is 23.4 Å². The number of rotatable bonds is 2. The number of imide groups is 1. The monoisotopic (exact) mass is 230 g/mol. The first-order chi connectivity index (χ1) is 7.39. The van der Waals surface area contributed by atoms with Crippen LogP contribution in [0.1, 0.15) is 13.8 Å². The standard InChI is InChI=1S/C9H14N2O5/c1-9(2)7(14)10-6(13)5-11(9)8(15)16-4-3-12/h12H,3-5H2,1-2H3,(H,10,13,14). The van der Waals surface area contributed by atoms with Gasteiger partial charge in [0.05, 0.1) is 6.61 Å². The summed E-state index contributed by atoms with van der Waals surface area (Å²) in [5.41, 5.74) is -1.14.